The minimum atomic E-state index is 0.592. The summed E-state index contributed by atoms with van der Waals surface area (Å²) in [7, 11) is 0. The lowest BCUT2D eigenvalue weighted by molar-refractivity contribution is 0.111. The van der Waals surface area contributed by atoms with Crippen LogP contribution in [0.5, 0.6) is 0 Å². The summed E-state index contributed by atoms with van der Waals surface area (Å²) in [5, 5.41) is 7.01. The van der Waals surface area contributed by atoms with Gasteiger partial charge in [-0.25, -0.2) is 4.98 Å². The van der Waals surface area contributed by atoms with Crippen molar-refractivity contribution < 1.29 is 0 Å². The Labute approximate surface area is 115 Å². The van der Waals surface area contributed by atoms with Crippen molar-refractivity contribution in [3.8, 4) is 0 Å². The lowest BCUT2D eigenvalue weighted by Gasteiger charge is -2.39. The molecule has 2 unspecified atom stereocenters. The molecule has 102 valence electrons. The van der Waals surface area contributed by atoms with Crippen LogP contribution in [-0.2, 0) is 6.54 Å². The van der Waals surface area contributed by atoms with Crippen molar-refractivity contribution in [2.24, 2.45) is 5.92 Å². The Morgan fingerprint density at radius 3 is 2.94 bits per heavy atom. The number of rotatable bonds is 4. The predicted molar refractivity (Wildman–Crippen MR) is 78.0 cm³/mol. The van der Waals surface area contributed by atoms with Gasteiger partial charge in [-0.15, -0.1) is 11.3 Å². The number of aromatic nitrogens is 1. The van der Waals surface area contributed by atoms with Crippen molar-refractivity contribution >= 4 is 11.3 Å². The van der Waals surface area contributed by atoms with Crippen LogP contribution in [0, 0.1) is 12.8 Å². The first-order chi connectivity index (χ1) is 8.54. The van der Waals surface area contributed by atoms with Gasteiger partial charge in [-0.2, -0.15) is 0 Å². The van der Waals surface area contributed by atoms with Crippen LogP contribution in [0.25, 0.3) is 0 Å². The largest absolute Gasteiger partial charge is 0.311 e. The third-order valence-electron chi connectivity index (χ3n) is 3.48. The lowest BCUT2D eigenvalue weighted by atomic mass is 9.99. The molecule has 0 amide bonds. The molecule has 1 aliphatic rings. The van der Waals surface area contributed by atoms with Crippen LogP contribution in [0.4, 0.5) is 0 Å². The third kappa shape index (κ3) is 3.77. The fourth-order valence-corrected chi connectivity index (χ4v) is 3.45. The highest BCUT2D eigenvalue weighted by atomic mass is 32.1. The van der Waals surface area contributed by atoms with Gasteiger partial charge in [0.2, 0.25) is 0 Å². The first-order valence-corrected chi connectivity index (χ1v) is 7.81. The summed E-state index contributed by atoms with van der Waals surface area (Å²) < 4.78 is 0. The molecule has 1 saturated heterocycles. The first-order valence-electron chi connectivity index (χ1n) is 6.93. The lowest BCUT2D eigenvalue weighted by Crippen LogP contribution is -2.55. The minimum absolute atomic E-state index is 0.592. The van der Waals surface area contributed by atoms with E-state index in [9.17, 15) is 0 Å². The van der Waals surface area contributed by atoms with Gasteiger partial charge >= 0.3 is 0 Å². The summed E-state index contributed by atoms with van der Waals surface area (Å²) >= 11 is 1.79. The monoisotopic (exact) mass is 267 g/mol. The second kappa shape index (κ2) is 6.13. The van der Waals surface area contributed by atoms with E-state index in [-0.39, 0.29) is 0 Å². The second-order valence-corrected chi connectivity index (χ2v) is 6.85. The average molecular weight is 267 g/mol. The van der Waals surface area contributed by atoms with E-state index in [4.69, 9.17) is 0 Å². The van der Waals surface area contributed by atoms with Crippen molar-refractivity contribution in [3.63, 3.8) is 0 Å². The minimum Gasteiger partial charge on any atom is -0.311 e. The van der Waals surface area contributed by atoms with Crippen molar-refractivity contribution in [1.82, 2.24) is 15.2 Å². The Bertz CT molecular complexity index is 375. The van der Waals surface area contributed by atoms with Crippen LogP contribution >= 0.6 is 11.3 Å². The third-order valence-corrected chi connectivity index (χ3v) is 4.43. The molecule has 1 N–H and O–H groups in total. The first kappa shape index (κ1) is 14.0. The molecule has 0 aliphatic carbocycles. The summed E-state index contributed by atoms with van der Waals surface area (Å²) in [6, 6.07) is 1.25. The number of nitrogens with zero attached hydrogens (tertiary/aromatic N) is 2. The average Bonchev–Trinajstić information content (AvgIpc) is 2.67. The molecule has 1 aromatic heterocycles. The standard InChI is InChI=1S/C14H25N3S/c1-10(2)5-13-6-15-11(3)7-17(13)8-14-16-12(4)9-18-14/h9-11,13,15H,5-8H2,1-4H3. The SMILES string of the molecule is Cc1csc(CN2CC(C)NCC2CC(C)C)n1. The fourth-order valence-electron chi connectivity index (χ4n) is 2.65. The molecular formula is C14H25N3S. The van der Waals surface area contributed by atoms with Crippen LogP contribution in [0.15, 0.2) is 5.38 Å². The molecule has 2 heterocycles. The normalized spacial score (nSPS) is 25.8. The van der Waals surface area contributed by atoms with Gasteiger partial charge in [-0.1, -0.05) is 13.8 Å². The highest BCUT2D eigenvalue weighted by Crippen LogP contribution is 2.19. The van der Waals surface area contributed by atoms with E-state index in [1.165, 1.54) is 11.4 Å². The van der Waals surface area contributed by atoms with Crippen LogP contribution in [0.3, 0.4) is 0 Å². The summed E-state index contributed by atoms with van der Waals surface area (Å²) in [6.07, 6.45) is 1.27. The molecule has 1 aliphatic heterocycles. The van der Waals surface area contributed by atoms with E-state index in [0.29, 0.717) is 12.1 Å². The molecule has 0 spiro atoms. The maximum absolute atomic E-state index is 4.60. The molecule has 3 nitrogen and oxygen atoms in total. The molecule has 2 atom stereocenters. The fraction of sp³-hybridized carbons (Fsp3) is 0.786. The van der Waals surface area contributed by atoms with Gasteiger partial charge in [-0.3, -0.25) is 4.90 Å². The van der Waals surface area contributed by atoms with E-state index < -0.39 is 0 Å². The summed E-state index contributed by atoms with van der Waals surface area (Å²) in [6.45, 7) is 12.2. The van der Waals surface area contributed by atoms with Crippen LogP contribution in [-0.4, -0.2) is 35.1 Å². The van der Waals surface area contributed by atoms with Gasteiger partial charge in [0.15, 0.2) is 0 Å². The molecule has 0 saturated carbocycles. The van der Waals surface area contributed by atoms with Gasteiger partial charge in [0.25, 0.3) is 0 Å². The van der Waals surface area contributed by atoms with E-state index in [1.807, 2.05) is 0 Å². The highest BCUT2D eigenvalue weighted by molar-refractivity contribution is 7.09. The van der Waals surface area contributed by atoms with Crippen molar-refractivity contribution in [2.75, 3.05) is 13.1 Å². The number of nitrogens with one attached hydrogen (secondary N) is 1. The molecule has 0 radical (unpaired) electrons. The Morgan fingerprint density at radius 1 is 1.56 bits per heavy atom. The van der Waals surface area contributed by atoms with Crippen molar-refractivity contribution in [3.05, 3.63) is 16.1 Å². The molecule has 0 aromatic carbocycles. The zero-order valence-electron chi connectivity index (χ0n) is 11.9. The molecule has 18 heavy (non-hydrogen) atoms. The van der Waals surface area contributed by atoms with Gasteiger partial charge in [0, 0.05) is 36.2 Å². The molecule has 0 bridgehead atoms. The number of thiazole rings is 1. The van der Waals surface area contributed by atoms with Gasteiger partial charge in [-0.05, 0) is 26.2 Å². The van der Waals surface area contributed by atoms with E-state index in [1.54, 1.807) is 11.3 Å². The Hall–Kier alpha value is -0.450. The Kier molecular flexibility index (Phi) is 4.76. The quantitative estimate of drug-likeness (QED) is 0.909. The molecule has 1 aromatic rings. The number of hydrogen-bond acceptors (Lipinski definition) is 4. The van der Waals surface area contributed by atoms with Crippen molar-refractivity contribution in [2.45, 2.75) is 52.7 Å². The van der Waals surface area contributed by atoms with Crippen molar-refractivity contribution in [1.29, 1.82) is 0 Å². The van der Waals surface area contributed by atoms with Gasteiger partial charge < -0.3 is 5.32 Å². The number of piperazine rings is 1. The zero-order chi connectivity index (χ0) is 13.1. The summed E-state index contributed by atoms with van der Waals surface area (Å²) in [5.41, 5.74) is 1.15. The zero-order valence-corrected chi connectivity index (χ0v) is 12.8. The second-order valence-electron chi connectivity index (χ2n) is 5.90. The smallest absolute Gasteiger partial charge is 0.107 e. The highest BCUT2D eigenvalue weighted by Gasteiger charge is 2.26. The van der Waals surface area contributed by atoms with Crippen LogP contribution < -0.4 is 5.32 Å². The number of aryl methyl sites for hydroxylation is 1. The maximum Gasteiger partial charge on any atom is 0.107 e. The Morgan fingerprint density at radius 2 is 2.33 bits per heavy atom. The number of hydrogen-bond donors (Lipinski definition) is 1. The van der Waals surface area contributed by atoms with E-state index in [2.05, 4.69) is 48.3 Å². The topological polar surface area (TPSA) is 28.2 Å². The Balaban J connectivity index is 2.00. The predicted octanol–water partition coefficient (Wildman–Crippen LogP) is 2.66. The van der Waals surface area contributed by atoms with Crippen LogP contribution in [0.2, 0.25) is 0 Å². The summed E-state index contributed by atoms with van der Waals surface area (Å²) in [4.78, 5) is 7.21. The van der Waals surface area contributed by atoms with Gasteiger partial charge in [0.1, 0.15) is 5.01 Å². The molecular weight excluding hydrogens is 242 g/mol. The molecule has 1 fully saturated rings. The summed E-state index contributed by atoms with van der Waals surface area (Å²) in [5.74, 6) is 0.755. The maximum atomic E-state index is 4.60. The molecule has 2 rings (SSSR count). The van der Waals surface area contributed by atoms with E-state index >= 15 is 0 Å². The van der Waals surface area contributed by atoms with E-state index in [0.717, 1.165) is 31.2 Å². The van der Waals surface area contributed by atoms with Crippen LogP contribution in [0.1, 0.15) is 37.9 Å². The van der Waals surface area contributed by atoms with Gasteiger partial charge in [0.05, 0.1) is 6.54 Å². The molecule has 4 heteroatoms.